The highest BCUT2D eigenvalue weighted by Gasteiger charge is 2.18. The Bertz CT molecular complexity index is 891. The lowest BCUT2D eigenvalue weighted by molar-refractivity contribution is -0.136. The highest BCUT2D eigenvalue weighted by atomic mass is 16.4. The lowest BCUT2D eigenvalue weighted by atomic mass is 10.1. The van der Waals surface area contributed by atoms with Crippen molar-refractivity contribution in [2.75, 3.05) is 23.7 Å². The maximum Gasteiger partial charge on any atom is 0.323 e. The maximum absolute atomic E-state index is 12.6. The third kappa shape index (κ3) is 6.07. The fourth-order valence-corrected chi connectivity index (χ4v) is 3.36. The van der Waals surface area contributed by atoms with E-state index in [1.807, 2.05) is 11.0 Å². The first-order valence-corrected chi connectivity index (χ1v) is 9.79. The Morgan fingerprint density at radius 2 is 1.55 bits per heavy atom. The number of benzene rings is 2. The molecule has 3 N–H and O–H groups in total. The molecule has 3 amide bonds. The Labute approximate surface area is 169 Å². The number of nitrogens with one attached hydrogen (secondary N) is 2. The van der Waals surface area contributed by atoms with Gasteiger partial charge in [0.15, 0.2) is 0 Å². The molecule has 1 fully saturated rings. The van der Waals surface area contributed by atoms with Crippen molar-refractivity contribution in [3.63, 3.8) is 0 Å². The van der Waals surface area contributed by atoms with Gasteiger partial charge >= 0.3 is 12.0 Å². The maximum atomic E-state index is 12.6. The lowest BCUT2D eigenvalue weighted by Crippen LogP contribution is -2.35. The van der Waals surface area contributed by atoms with Gasteiger partial charge in [-0.25, -0.2) is 4.79 Å². The van der Waals surface area contributed by atoms with E-state index < -0.39 is 12.0 Å². The topological polar surface area (TPSA) is 98.7 Å². The summed E-state index contributed by atoms with van der Waals surface area (Å²) in [6.45, 7) is 1.55. The smallest absolute Gasteiger partial charge is 0.323 e. The number of hydrogen-bond acceptors (Lipinski definition) is 3. The van der Waals surface area contributed by atoms with Crippen molar-refractivity contribution in [2.45, 2.75) is 32.1 Å². The summed E-state index contributed by atoms with van der Waals surface area (Å²) in [7, 11) is 0. The zero-order valence-corrected chi connectivity index (χ0v) is 16.2. The SMILES string of the molecule is O=C(O)CCc1cccc(NC(=O)Nc2cccc(C(=O)N3CCCCC3)c2)c1. The quantitative estimate of drug-likeness (QED) is 0.689. The van der Waals surface area contributed by atoms with Crippen molar-refractivity contribution in [3.8, 4) is 0 Å². The Kier molecular flexibility index (Phi) is 6.84. The molecule has 0 aliphatic carbocycles. The first-order valence-electron chi connectivity index (χ1n) is 9.79. The molecule has 1 aliphatic rings. The summed E-state index contributed by atoms with van der Waals surface area (Å²) >= 11 is 0. The van der Waals surface area contributed by atoms with Gasteiger partial charge in [-0.15, -0.1) is 0 Å². The van der Waals surface area contributed by atoms with Crippen LogP contribution in [-0.2, 0) is 11.2 Å². The van der Waals surface area contributed by atoms with Crippen molar-refractivity contribution in [1.82, 2.24) is 4.90 Å². The second-order valence-electron chi connectivity index (χ2n) is 7.11. The predicted octanol–water partition coefficient (Wildman–Crippen LogP) is 3.97. The van der Waals surface area contributed by atoms with E-state index in [0.29, 0.717) is 23.4 Å². The molecule has 2 aromatic rings. The number of likely N-dealkylation sites (tertiary alicyclic amines) is 1. The molecule has 0 aromatic heterocycles. The van der Waals surface area contributed by atoms with Crippen LogP contribution < -0.4 is 10.6 Å². The number of carbonyl (C=O) groups excluding carboxylic acids is 2. The van der Waals surface area contributed by atoms with Crippen molar-refractivity contribution < 1.29 is 19.5 Å². The van der Waals surface area contributed by atoms with Gasteiger partial charge in [-0.1, -0.05) is 18.2 Å². The molecule has 0 unspecified atom stereocenters. The summed E-state index contributed by atoms with van der Waals surface area (Å²) in [4.78, 5) is 37.5. The minimum absolute atomic E-state index is 0.0140. The Morgan fingerprint density at radius 1 is 0.897 bits per heavy atom. The van der Waals surface area contributed by atoms with E-state index in [0.717, 1.165) is 37.9 Å². The molecule has 0 radical (unpaired) electrons. The first-order chi connectivity index (χ1) is 14.0. The van der Waals surface area contributed by atoms with Crippen LogP contribution in [0.25, 0.3) is 0 Å². The number of amides is 3. The number of carboxylic acid groups (broad SMARTS) is 1. The predicted molar refractivity (Wildman–Crippen MR) is 111 cm³/mol. The van der Waals surface area contributed by atoms with Crippen LogP contribution in [0.15, 0.2) is 48.5 Å². The third-order valence-electron chi connectivity index (χ3n) is 4.82. The number of aliphatic carboxylic acids is 1. The number of hydrogen-bond donors (Lipinski definition) is 3. The second-order valence-corrected chi connectivity index (χ2v) is 7.11. The van der Waals surface area contributed by atoms with E-state index in [-0.39, 0.29) is 12.3 Å². The van der Waals surface area contributed by atoms with Crippen LogP contribution in [0.4, 0.5) is 16.2 Å². The average Bonchev–Trinajstić information content (AvgIpc) is 2.73. The normalized spacial score (nSPS) is 13.6. The van der Waals surface area contributed by atoms with Gasteiger partial charge in [0.2, 0.25) is 0 Å². The number of aryl methyl sites for hydroxylation is 1. The first kappa shape index (κ1) is 20.4. The summed E-state index contributed by atoms with van der Waals surface area (Å²) in [6.07, 6.45) is 3.64. The number of nitrogens with zero attached hydrogens (tertiary/aromatic N) is 1. The zero-order valence-electron chi connectivity index (χ0n) is 16.2. The summed E-state index contributed by atoms with van der Waals surface area (Å²) in [5, 5.41) is 14.3. The molecule has 0 saturated carbocycles. The summed E-state index contributed by atoms with van der Waals surface area (Å²) in [6, 6.07) is 13.6. The van der Waals surface area contributed by atoms with Crippen molar-refractivity contribution in [3.05, 3.63) is 59.7 Å². The van der Waals surface area contributed by atoms with Crippen LogP contribution in [0.3, 0.4) is 0 Å². The summed E-state index contributed by atoms with van der Waals surface area (Å²) in [5.41, 5.74) is 2.50. The molecule has 29 heavy (non-hydrogen) atoms. The fourth-order valence-electron chi connectivity index (χ4n) is 3.36. The van der Waals surface area contributed by atoms with E-state index in [2.05, 4.69) is 10.6 Å². The molecular formula is C22H25N3O4. The molecule has 152 valence electrons. The molecule has 7 heteroatoms. The standard InChI is InChI=1S/C22H25N3O4/c26-20(27)11-10-16-6-4-8-18(14-16)23-22(29)24-19-9-5-7-17(15-19)21(28)25-12-2-1-3-13-25/h4-9,14-15H,1-3,10-13H2,(H,26,27)(H2,23,24,29). The summed E-state index contributed by atoms with van der Waals surface area (Å²) in [5.74, 6) is -0.875. The Morgan fingerprint density at radius 3 is 2.24 bits per heavy atom. The van der Waals surface area contributed by atoms with Gasteiger partial charge < -0.3 is 20.6 Å². The van der Waals surface area contributed by atoms with Crippen molar-refractivity contribution in [1.29, 1.82) is 0 Å². The minimum atomic E-state index is -0.861. The van der Waals surface area contributed by atoms with Crippen molar-refractivity contribution >= 4 is 29.3 Å². The number of rotatable bonds is 6. The second kappa shape index (κ2) is 9.73. The molecular weight excluding hydrogens is 370 g/mol. The van der Waals surface area contributed by atoms with Gasteiger partial charge in [0.1, 0.15) is 0 Å². The molecule has 1 aliphatic heterocycles. The van der Waals surface area contributed by atoms with Gasteiger partial charge in [0, 0.05) is 36.4 Å². The van der Waals surface area contributed by atoms with Gasteiger partial charge in [-0.05, 0) is 61.6 Å². The third-order valence-corrected chi connectivity index (χ3v) is 4.82. The number of carboxylic acids is 1. The van der Waals surface area contributed by atoms with Crippen LogP contribution in [0.5, 0.6) is 0 Å². The van der Waals surface area contributed by atoms with E-state index in [1.54, 1.807) is 42.5 Å². The van der Waals surface area contributed by atoms with E-state index >= 15 is 0 Å². The number of anilines is 2. The number of piperidine rings is 1. The van der Waals surface area contributed by atoms with E-state index in [9.17, 15) is 14.4 Å². The van der Waals surface area contributed by atoms with Crippen LogP contribution in [0.1, 0.15) is 41.6 Å². The largest absolute Gasteiger partial charge is 0.481 e. The monoisotopic (exact) mass is 395 g/mol. The average molecular weight is 395 g/mol. The van der Waals surface area contributed by atoms with Crippen LogP contribution in [-0.4, -0.2) is 41.0 Å². The molecule has 3 rings (SSSR count). The highest BCUT2D eigenvalue weighted by Crippen LogP contribution is 2.17. The van der Waals surface area contributed by atoms with Gasteiger partial charge in [-0.2, -0.15) is 0 Å². The van der Waals surface area contributed by atoms with Gasteiger partial charge in [-0.3, -0.25) is 9.59 Å². The number of urea groups is 1. The van der Waals surface area contributed by atoms with Gasteiger partial charge in [0.05, 0.1) is 0 Å². The zero-order chi connectivity index (χ0) is 20.6. The Hall–Kier alpha value is -3.35. The van der Waals surface area contributed by atoms with Crippen LogP contribution in [0.2, 0.25) is 0 Å². The van der Waals surface area contributed by atoms with E-state index in [4.69, 9.17) is 5.11 Å². The fraction of sp³-hybridized carbons (Fsp3) is 0.318. The highest BCUT2D eigenvalue weighted by molar-refractivity contribution is 6.01. The molecule has 0 atom stereocenters. The Balaban J connectivity index is 1.60. The molecule has 1 saturated heterocycles. The van der Waals surface area contributed by atoms with Gasteiger partial charge in [0.25, 0.3) is 5.91 Å². The molecule has 7 nitrogen and oxygen atoms in total. The summed E-state index contributed by atoms with van der Waals surface area (Å²) < 4.78 is 0. The molecule has 0 spiro atoms. The van der Waals surface area contributed by atoms with Crippen molar-refractivity contribution in [2.24, 2.45) is 0 Å². The van der Waals surface area contributed by atoms with Crippen LogP contribution in [0, 0.1) is 0 Å². The van der Waals surface area contributed by atoms with Crippen LogP contribution >= 0.6 is 0 Å². The molecule has 0 bridgehead atoms. The van der Waals surface area contributed by atoms with E-state index in [1.165, 1.54) is 0 Å². The molecule has 2 aromatic carbocycles. The lowest BCUT2D eigenvalue weighted by Gasteiger charge is -2.26. The number of carbonyl (C=O) groups is 3. The molecule has 1 heterocycles. The minimum Gasteiger partial charge on any atom is -0.481 e.